The first-order chi connectivity index (χ1) is 6.65. The molecule has 0 saturated heterocycles. The number of aliphatic carboxylic acids is 1. The Kier molecular flexibility index (Phi) is 3.74. The van der Waals surface area contributed by atoms with Crippen molar-refractivity contribution < 1.29 is 14.6 Å². The van der Waals surface area contributed by atoms with Crippen LogP contribution in [0.3, 0.4) is 0 Å². The van der Waals surface area contributed by atoms with Crippen LogP contribution in [-0.2, 0) is 9.53 Å². The van der Waals surface area contributed by atoms with Gasteiger partial charge in [-0.2, -0.15) is 0 Å². The molecule has 0 atom stereocenters. The fourth-order valence-corrected chi connectivity index (χ4v) is 1.86. The van der Waals surface area contributed by atoms with Gasteiger partial charge in [0.15, 0.2) is 0 Å². The lowest BCUT2D eigenvalue weighted by atomic mass is 9.83. The van der Waals surface area contributed by atoms with Crippen LogP contribution in [-0.4, -0.2) is 17.2 Å². The van der Waals surface area contributed by atoms with Crippen LogP contribution in [0.1, 0.15) is 25.7 Å². The van der Waals surface area contributed by atoms with E-state index in [1.165, 1.54) is 6.26 Å². The van der Waals surface area contributed by atoms with Crippen molar-refractivity contribution in [2.75, 3.05) is 0 Å². The van der Waals surface area contributed by atoms with E-state index in [9.17, 15) is 4.79 Å². The lowest BCUT2D eigenvalue weighted by Crippen LogP contribution is -2.23. The largest absolute Gasteiger partial charge is 0.499 e. The second-order valence-electron chi connectivity index (χ2n) is 3.61. The maximum Gasteiger partial charge on any atom is 0.331 e. The molecule has 0 aromatic heterocycles. The molecule has 0 radical (unpaired) electrons. The van der Waals surface area contributed by atoms with E-state index in [0.717, 1.165) is 25.7 Å². The number of rotatable bonds is 4. The fraction of sp³-hybridized carbons (Fsp3) is 0.545. The van der Waals surface area contributed by atoms with Crippen LogP contribution in [0.2, 0.25) is 0 Å². The second-order valence-corrected chi connectivity index (χ2v) is 3.61. The monoisotopic (exact) mass is 196 g/mol. The summed E-state index contributed by atoms with van der Waals surface area (Å²) in [5.41, 5.74) is 0.335. The van der Waals surface area contributed by atoms with Gasteiger partial charge in [0.25, 0.3) is 0 Å². The van der Waals surface area contributed by atoms with Crippen molar-refractivity contribution in [3.8, 4) is 0 Å². The van der Waals surface area contributed by atoms with Gasteiger partial charge in [-0.15, -0.1) is 0 Å². The molecule has 0 amide bonds. The second kappa shape index (κ2) is 4.84. The third-order valence-electron chi connectivity index (χ3n) is 2.73. The summed E-state index contributed by atoms with van der Waals surface area (Å²) in [6, 6.07) is 0. The minimum Gasteiger partial charge on any atom is -0.499 e. The normalized spacial score (nSPS) is 26.6. The highest BCUT2D eigenvalue weighted by Crippen LogP contribution is 2.30. The van der Waals surface area contributed by atoms with Crippen LogP contribution in [0, 0.1) is 5.92 Å². The molecule has 0 heterocycles. The Morgan fingerprint density at radius 2 is 1.93 bits per heavy atom. The average molecular weight is 196 g/mol. The Morgan fingerprint density at radius 1 is 1.36 bits per heavy atom. The van der Waals surface area contributed by atoms with E-state index in [4.69, 9.17) is 9.84 Å². The highest BCUT2D eigenvalue weighted by atomic mass is 16.5. The number of hydrogen-bond donors (Lipinski definition) is 1. The van der Waals surface area contributed by atoms with Crippen LogP contribution in [0.25, 0.3) is 0 Å². The molecular weight excluding hydrogens is 180 g/mol. The van der Waals surface area contributed by atoms with Crippen molar-refractivity contribution >= 4 is 5.97 Å². The fourth-order valence-electron chi connectivity index (χ4n) is 1.86. The Balaban J connectivity index is 2.39. The molecule has 1 rings (SSSR count). The van der Waals surface area contributed by atoms with E-state index in [1.807, 2.05) is 0 Å². The Labute approximate surface area is 84.1 Å². The standard InChI is InChI=1S/C11H16O3/c1-3-14-10-6-4-9(5-7-10)8(2)11(12)13/h3,9-10H,1-2,4-7H2,(H,12,13). The van der Waals surface area contributed by atoms with Gasteiger partial charge in [-0.25, -0.2) is 4.79 Å². The summed E-state index contributed by atoms with van der Waals surface area (Å²) >= 11 is 0. The minimum absolute atomic E-state index is 0.122. The maximum atomic E-state index is 10.7. The van der Waals surface area contributed by atoms with Crippen LogP contribution in [0.15, 0.2) is 25.0 Å². The number of carboxylic acid groups (broad SMARTS) is 1. The Hall–Kier alpha value is -1.25. The summed E-state index contributed by atoms with van der Waals surface area (Å²) in [6.07, 6.45) is 5.15. The zero-order valence-corrected chi connectivity index (χ0v) is 8.24. The Bertz CT molecular complexity index is 237. The van der Waals surface area contributed by atoms with Crippen molar-refractivity contribution in [1.82, 2.24) is 0 Å². The molecule has 14 heavy (non-hydrogen) atoms. The molecule has 1 aliphatic rings. The van der Waals surface area contributed by atoms with Crippen LogP contribution in [0.5, 0.6) is 0 Å². The quantitative estimate of drug-likeness (QED) is 0.554. The predicted octanol–water partition coefficient (Wildman–Crippen LogP) is 2.35. The number of carbonyl (C=O) groups is 1. The summed E-state index contributed by atoms with van der Waals surface area (Å²) in [4.78, 5) is 10.7. The zero-order valence-electron chi connectivity index (χ0n) is 8.24. The molecular formula is C11H16O3. The first-order valence-electron chi connectivity index (χ1n) is 4.83. The number of hydrogen-bond acceptors (Lipinski definition) is 2. The molecule has 1 fully saturated rings. The van der Waals surface area contributed by atoms with E-state index < -0.39 is 5.97 Å². The summed E-state index contributed by atoms with van der Waals surface area (Å²) in [7, 11) is 0. The smallest absolute Gasteiger partial charge is 0.331 e. The molecule has 1 saturated carbocycles. The summed E-state index contributed by atoms with van der Waals surface area (Å²) in [5, 5.41) is 8.76. The van der Waals surface area contributed by atoms with Gasteiger partial charge in [0.2, 0.25) is 0 Å². The van der Waals surface area contributed by atoms with E-state index in [0.29, 0.717) is 5.57 Å². The highest BCUT2D eigenvalue weighted by molar-refractivity contribution is 5.86. The first-order valence-corrected chi connectivity index (χ1v) is 4.83. The van der Waals surface area contributed by atoms with Gasteiger partial charge in [-0.05, 0) is 31.6 Å². The lowest BCUT2D eigenvalue weighted by Gasteiger charge is -2.27. The molecule has 0 aromatic carbocycles. The van der Waals surface area contributed by atoms with Gasteiger partial charge >= 0.3 is 5.97 Å². The molecule has 0 bridgehead atoms. The molecule has 0 unspecified atom stereocenters. The summed E-state index contributed by atoms with van der Waals surface area (Å²) in [6.45, 7) is 7.09. The van der Waals surface area contributed by atoms with Crippen molar-refractivity contribution in [2.45, 2.75) is 31.8 Å². The van der Waals surface area contributed by atoms with Gasteiger partial charge in [0, 0.05) is 5.57 Å². The van der Waals surface area contributed by atoms with Crippen molar-refractivity contribution in [1.29, 1.82) is 0 Å². The van der Waals surface area contributed by atoms with Crippen molar-refractivity contribution in [2.24, 2.45) is 5.92 Å². The van der Waals surface area contributed by atoms with Gasteiger partial charge in [0.1, 0.15) is 0 Å². The lowest BCUT2D eigenvalue weighted by molar-refractivity contribution is -0.133. The number of ether oxygens (including phenoxy) is 1. The molecule has 0 aromatic rings. The third kappa shape index (κ3) is 2.62. The van der Waals surface area contributed by atoms with Crippen LogP contribution in [0.4, 0.5) is 0 Å². The van der Waals surface area contributed by atoms with Crippen molar-refractivity contribution in [3.05, 3.63) is 25.0 Å². The number of carboxylic acids is 1. The molecule has 1 aliphatic carbocycles. The topological polar surface area (TPSA) is 46.5 Å². The van der Waals surface area contributed by atoms with E-state index in [1.54, 1.807) is 0 Å². The van der Waals surface area contributed by atoms with E-state index >= 15 is 0 Å². The zero-order chi connectivity index (χ0) is 10.6. The molecule has 0 spiro atoms. The molecule has 3 heteroatoms. The predicted molar refractivity (Wildman–Crippen MR) is 53.8 cm³/mol. The Morgan fingerprint density at radius 3 is 2.36 bits per heavy atom. The van der Waals surface area contributed by atoms with Crippen molar-refractivity contribution in [3.63, 3.8) is 0 Å². The van der Waals surface area contributed by atoms with E-state index in [2.05, 4.69) is 13.2 Å². The van der Waals surface area contributed by atoms with Crippen LogP contribution < -0.4 is 0 Å². The highest BCUT2D eigenvalue weighted by Gasteiger charge is 2.25. The SMILES string of the molecule is C=COC1CCC(C(=C)C(=O)O)CC1. The van der Waals surface area contributed by atoms with Gasteiger partial charge in [-0.3, -0.25) is 0 Å². The van der Waals surface area contributed by atoms with E-state index in [-0.39, 0.29) is 12.0 Å². The molecule has 3 nitrogen and oxygen atoms in total. The maximum absolute atomic E-state index is 10.7. The molecule has 78 valence electrons. The van der Waals surface area contributed by atoms with Crippen LogP contribution >= 0.6 is 0 Å². The van der Waals surface area contributed by atoms with Gasteiger partial charge in [0.05, 0.1) is 12.4 Å². The average Bonchev–Trinajstić information content (AvgIpc) is 2.18. The summed E-state index contributed by atoms with van der Waals surface area (Å²) < 4.78 is 5.26. The summed E-state index contributed by atoms with van der Waals surface area (Å²) in [5.74, 6) is -0.754. The van der Waals surface area contributed by atoms with Gasteiger partial charge < -0.3 is 9.84 Å². The minimum atomic E-state index is -0.877. The molecule has 0 aliphatic heterocycles. The molecule has 1 N–H and O–H groups in total. The van der Waals surface area contributed by atoms with Gasteiger partial charge in [-0.1, -0.05) is 13.2 Å². The third-order valence-corrected chi connectivity index (χ3v) is 2.73. The first kappa shape index (κ1) is 10.8.